The lowest BCUT2D eigenvalue weighted by Crippen LogP contribution is -2.12. The fraction of sp³-hybridized carbons (Fsp3) is 0.0833. The Hall–Kier alpha value is -1.40. The van der Waals surface area contributed by atoms with Gasteiger partial charge in [-0.25, -0.2) is 4.39 Å². The number of hydrogen-bond acceptors (Lipinski definition) is 3. The smallest absolute Gasteiger partial charge is 0.265 e. The summed E-state index contributed by atoms with van der Waals surface area (Å²) in [6.07, 6.45) is 0. The van der Waals surface area contributed by atoms with Crippen LogP contribution in [0.15, 0.2) is 28.7 Å². The summed E-state index contributed by atoms with van der Waals surface area (Å²) in [4.78, 5) is 13.3. The van der Waals surface area contributed by atoms with Gasteiger partial charge in [0.25, 0.3) is 5.91 Å². The van der Waals surface area contributed by atoms with Crippen molar-refractivity contribution in [1.29, 1.82) is 0 Å². The van der Waals surface area contributed by atoms with Gasteiger partial charge in [0.1, 0.15) is 5.82 Å². The van der Waals surface area contributed by atoms with Crippen LogP contribution in [-0.4, -0.2) is 5.91 Å². The summed E-state index contributed by atoms with van der Waals surface area (Å²) in [6.45, 7) is 1.83. The maximum Gasteiger partial charge on any atom is 0.265 e. The molecule has 2 aromatic rings. The molecule has 0 bridgehead atoms. The van der Waals surface area contributed by atoms with Gasteiger partial charge in [-0.2, -0.15) is 0 Å². The Morgan fingerprint density at radius 1 is 1.50 bits per heavy atom. The maximum absolute atomic E-state index is 13.5. The van der Waals surface area contributed by atoms with Crippen molar-refractivity contribution < 1.29 is 9.18 Å². The zero-order valence-corrected chi connectivity index (χ0v) is 11.9. The molecule has 3 nitrogen and oxygen atoms in total. The Labute approximate surface area is 116 Å². The lowest BCUT2D eigenvalue weighted by molar-refractivity contribution is 0.103. The summed E-state index contributed by atoms with van der Waals surface area (Å²) < 4.78 is 14.0. The van der Waals surface area contributed by atoms with Crippen LogP contribution in [0.1, 0.15) is 14.5 Å². The minimum absolute atomic E-state index is 0.132. The number of halogens is 2. The number of carbonyl (C=O) groups excluding carboxylic acids is 1. The summed E-state index contributed by atoms with van der Waals surface area (Å²) in [6, 6.07) is 6.09. The third kappa shape index (κ3) is 2.54. The summed E-state index contributed by atoms with van der Waals surface area (Å²) in [7, 11) is 0. The van der Waals surface area contributed by atoms with E-state index in [4.69, 9.17) is 5.73 Å². The zero-order chi connectivity index (χ0) is 13.3. The monoisotopic (exact) mass is 328 g/mol. The van der Waals surface area contributed by atoms with Crippen molar-refractivity contribution in [2.45, 2.75) is 6.92 Å². The van der Waals surface area contributed by atoms with Crippen molar-refractivity contribution in [2.75, 3.05) is 11.1 Å². The Kier molecular flexibility index (Phi) is 3.68. The van der Waals surface area contributed by atoms with E-state index in [9.17, 15) is 9.18 Å². The van der Waals surface area contributed by atoms with E-state index in [-0.39, 0.29) is 11.6 Å². The molecule has 18 heavy (non-hydrogen) atoms. The highest BCUT2D eigenvalue weighted by atomic mass is 79.9. The Balaban J connectivity index is 2.27. The van der Waals surface area contributed by atoms with Crippen molar-refractivity contribution in [1.82, 2.24) is 0 Å². The van der Waals surface area contributed by atoms with Crippen molar-refractivity contribution in [3.05, 3.63) is 44.3 Å². The fourth-order valence-corrected chi connectivity index (χ4v) is 2.68. The molecule has 0 aliphatic rings. The first kappa shape index (κ1) is 13.0. The molecule has 3 N–H and O–H groups in total. The molecule has 1 heterocycles. The topological polar surface area (TPSA) is 55.1 Å². The van der Waals surface area contributed by atoms with Gasteiger partial charge in [-0.05, 0) is 41.1 Å². The first-order chi connectivity index (χ1) is 8.49. The molecule has 0 aliphatic heterocycles. The summed E-state index contributed by atoms with van der Waals surface area (Å²) in [5, 5.41) is 2.53. The Bertz CT molecular complexity index is 572. The van der Waals surface area contributed by atoms with Gasteiger partial charge in [0.05, 0.1) is 10.6 Å². The molecule has 0 spiro atoms. The molecule has 0 aliphatic carbocycles. The summed E-state index contributed by atoms with van der Waals surface area (Å²) >= 11 is 4.47. The molecule has 0 fully saturated rings. The fourth-order valence-electron chi connectivity index (χ4n) is 1.40. The van der Waals surface area contributed by atoms with Crippen molar-refractivity contribution in [3.8, 4) is 0 Å². The summed E-state index contributed by atoms with van der Waals surface area (Å²) in [5.74, 6) is -0.857. The number of carbonyl (C=O) groups is 1. The highest BCUT2D eigenvalue weighted by Crippen LogP contribution is 2.28. The number of amides is 1. The van der Waals surface area contributed by atoms with Crippen LogP contribution in [0.4, 0.5) is 15.8 Å². The number of aryl methyl sites for hydroxylation is 1. The van der Waals surface area contributed by atoms with Crippen LogP contribution in [0.5, 0.6) is 0 Å². The number of nitrogens with two attached hydrogens (primary N) is 1. The van der Waals surface area contributed by atoms with Gasteiger partial charge in [0.2, 0.25) is 0 Å². The average Bonchev–Trinajstić information content (AvgIpc) is 2.64. The van der Waals surface area contributed by atoms with E-state index in [0.29, 0.717) is 15.0 Å². The van der Waals surface area contributed by atoms with E-state index in [1.165, 1.54) is 17.4 Å². The first-order valence-corrected chi connectivity index (χ1v) is 6.71. The van der Waals surface area contributed by atoms with Crippen LogP contribution < -0.4 is 11.1 Å². The zero-order valence-electron chi connectivity index (χ0n) is 9.46. The molecule has 0 radical (unpaired) electrons. The van der Waals surface area contributed by atoms with Crippen molar-refractivity contribution in [3.63, 3.8) is 0 Å². The third-order valence-corrected chi connectivity index (χ3v) is 4.11. The minimum Gasteiger partial charge on any atom is -0.398 e. The molecule has 2 rings (SSSR count). The molecular formula is C12H10BrFN2OS. The number of nitrogen functional groups attached to an aromatic ring is 1. The van der Waals surface area contributed by atoms with E-state index in [1.54, 1.807) is 18.2 Å². The number of benzene rings is 1. The minimum atomic E-state index is -0.487. The van der Waals surface area contributed by atoms with Crippen molar-refractivity contribution >= 4 is 44.5 Å². The van der Waals surface area contributed by atoms with Crippen molar-refractivity contribution in [2.24, 2.45) is 0 Å². The van der Waals surface area contributed by atoms with E-state index >= 15 is 0 Å². The Morgan fingerprint density at radius 2 is 2.22 bits per heavy atom. The van der Waals surface area contributed by atoms with Crippen LogP contribution in [0.2, 0.25) is 0 Å². The normalized spacial score (nSPS) is 10.4. The standard InChI is InChI=1S/C12H10BrFN2OS/c1-6-9(15)5-10(18-6)12(17)16-11-7(13)3-2-4-8(11)14/h2-5H,15H2,1H3,(H,16,17). The van der Waals surface area contributed by atoms with Gasteiger partial charge >= 0.3 is 0 Å². The number of para-hydroxylation sites is 1. The molecule has 6 heteroatoms. The number of nitrogens with one attached hydrogen (secondary N) is 1. The van der Waals surface area contributed by atoms with Crippen LogP contribution in [0.3, 0.4) is 0 Å². The molecule has 0 unspecified atom stereocenters. The van der Waals surface area contributed by atoms with E-state index < -0.39 is 5.82 Å². The number of thiophene rings is 1. The second-order valence-corrected chi connectivity index (χ2v) is 5.78. The quantitative estimate of drug-likeness (QED) is 0.881. The van der Waals surface area contributed by atoms with Crippen LogP contribution in [0.25, 0.3) is 0 Å². The number of hydrogen-bond donors (Lipinski definition) is 2. The highest BCUT2D eigenvalue weighted by molar-refractivity contribution is 9.10. The highest BCUT2D eigenvalue weighted by Gasteiger charge is 2.14. The van der Waals surface area contributed by atoms with Crippen LogP contribution in [0, 0.1) is 12.7 Å². The van der Waals surface area contributed by atoms with Gasteiger partial charge in [0.15, 0.2) is 0 Å². The molecule has 1 aromatic carbocycles. The number of anilines is 2. The van der Waals surface area contributed by atoms with Gasteiger partial charge in [-0.1, -0.05) is 6.07 Å². The van der Waals surface area contributed by atoms with Crippen LogP contribution >= 0.6 is 27.3 Å². The maximum atomic E-state index is 13.5. The predicted molar refractivity (Wildman–Crippen MR) is 75.5 cm³/mol. The molecule has 0 saturated heterocycles. The summed E-state index contributed by atoms with van der Waals surface area (Å²) in [5.41, 5.74) is 6.38. The molecule has 1 amide bonds. The van der Waals surface area contributed by atoms with E-state index in [1.807, 2.05) is 6.92 Å². The van der Waals surface area contributed by atoms with Gasteiger partial charge in [-0.15, -0.1) is 11.3 Å². The average molecular weight is 329 g/mol. The second-order valence-electron chi connectivity index (χ2n) is 3.67. The molecule has 94 valence electrons. The molecule has 0 atom stereocenters. The van der Waals surface area contributed by atoms with Gasteiger partial charge in [0, 0.05) is 15.0 Å². The second kappa shape index (κ2) is 5.07. The lowest BCUT2D eigenvalue weighted by Gasteiger charge is -2.06. The van der Waals surface area contributed by atoms with Gasteiger partial charge < -0.3 is 11.1 Å². The van der Waals surface area contributed by atoms with Gasteiger partial charge in [-0.3, -0.25) is 4.79 Å². The lowest BCUT2D eigenvalue weighted by atomic mass is 10.3. The van der Waals surface area contributed by atoms with E-state index in [2.05, 4.69) is 21.2 Å². The third-order valence-electron chi connectivity index (χ3n) is 2.38. The van der Waals surface area contributed by atoms with Crippen LogP contribution in [-0.2, 0) is 0 Å². The number of rotatable bonds is 2. The molecule has 0 saturated carbocycles. The molecular weight excluding hydrogens is 319 g/mol. The first-order valence-electron chi connectivity index (χ1n) is 5.10. The predicted octanol–water partition coefficient (Wildman–Crippen LogP) is 3.79. The van der Waals surface area contributed by atoms with E-state index in [0.717, 1.165) is 4.88 Å². The molecule has 1 aromatic heterocycles. The largest absolute Gasteiger partial charge is 0.398 e. The Morgan fingerprint density at radius 3 is 2.78 bits per heavy atom. The SMILES string of the molecule is Cc1sc(C(=O)Nc2c(F)cccc2Br)cc1N.